The van der Waals surface area contributed by atoms with Crippen molar-refractivity contribution in [2.75, 3.05) is 18.1 Å². The molecule has 2 aromatic heterocycles. The lowest BCUT2D eigenvalue weighted by Gasteiger charge is -2.28. The van der Waals surface area contributed by atoms with Gasteiger partial charge in [0.2, 0.25) is 0 Å². The summed E-state index contributed by atoms with van der Waals surface area (Å²) in [6.07, 6.45) is 4.94. The number of nitrogens with zero attached hydrogens (tertiary/aromatic N) is 3. The number of carboxylic acid groups (broad SMARTS) is 1. The van der Waals surface area contributed by atoms with Crippen molar-refractivity contribution in [3.05, 3.63) is 59.7 Å². The van der Waals surface area contributed by atoms with Gasteiger partial charge < -0.3 is 14.7 Å². The molecule has 4 rings (SSSR count). The van der Waals surface area contributed by atoms with E-state index in [1.807, 2.05) is 19.1 Å². The summed E-state index contributed by atoms with van der Waals surface area (Å²) >= 11 is 0. The van der Waals surface area contributed by atoms with Gasteiger partial charge in [0.15, 0.2) is 0 Å². The largest absolute Gasteiger partial charge is 0.494 e. The van der Waals surface area contributed by atoms with E-state index in [0.29, 0.717) is 17.9 Å². The molecule has 0 aliphatic carbocycles. The van der Waals surface area contributed by atoms with Gasteiger partial charge in [-0.2, -0.15) is 5.10 Å². The number of aromatic nitrogens is 2. The number of carboxylic acids is 1. The zero-order valence-electron chi connectivity index (χ0n) is 14.9. The number of ether oxygens (including phenoxy) is 1. The molecule has 7 heteroatoms. The Morgan fingerprint density at radius 1 is 1.37 bits per heavy atom. The highest BCUT2D eigenvalue weighted by molar-refractivity contribution is 5.95. The van der Waals surface area contributed by atoms with E-state index in [9.17, 15) is 14.3 Å². The molecule has 27 heavy (non-hydrogen) atoms. The zero-order chi connectivity index (χ0) is 19.0. The maximum Gasteiger partial charge on any atom is 0.339 e. The number of rotatable bonds is 5. The summed E-state index contributed by atoms with van der Waals surface area (Å²) in [5, 5.41) is 13.4. The van der Waals surface area contributed by atoms with Crippen LogP contribution in [-0.2, 0) is 0 Å². The summed E-state index contributed by atoms with van der Waals surface area (Å²) in [5.41, 5.74) is 2.41. The number of hydrogen-bond acceptors (Lipinski definition) is 4. The minimum Gasteiger partial charge on any atom is -0.494 e. The molecular weight excluding hydrogens is 349 g/mol. The van der Waals surface area contributed by atoms with Gasteiger partial charge in [-0.15, -0.1) is 0 Å². The van der Waals surface area contributed by atoms with E-state index in [2.05, 4.69) is 10.00 Å². The van der Waals surface area contributed by atoms with Gasteiger partial charge in [-0.1, -0.05) is 0 Å². The molecule has 1 saturated heterocycles. The summed E-state index contributed by atoms with van der Waals surface area (Å²) in [6, 6.07) is 8.32. The normalized spacial score (nSPS) is 16.8. The number of aromatic carboxylic acids is 1. The highest BCUT2D eigenvalue weighted by Gasteiger charge is 2.29. The second-order valence-electron chi connectivity index (χ2n) is 6.54. The SMILES string of the molecule is CCOc1ccc(F)cc1C1CCCN1c1ccn2ncc(C(=O)O)c2c1. The van der Waals surface area contributed by atoms with Crippen LogP contribution >= 0.6 is 0 Å². The van der Waals surface area contributed by atoms with Crippen LogP contribution in [0.4, 0.5) is 10.1 Å². The van der Waals surface area contributed by atoms with Crippen molar-refractivity contribution in [1.29, 1.82) is 0 Å². The lowest BCUT2D eigenvalue weighted by Crippen LogP contribution is -2.23. The third kappa shape index (κ3) is 3.09. The van der Waals surface area contributed by atoms with Crippen LogP contribution in [0.15, 0.2) is 42.7 Å². The maximum absolute atomic E-state index is 13.9. The molecule has 1 aliphatic heterocycles. The van der Waals surface area contributed by atoms with Crippen LogP contribution in [0.5, 0.6) is 5.75 Å². The molecule has 1 unspecified atom stereocenters. The number of fused-ring (bicyclic) bond motifs is 1. The molecule has 0 saturated carbocycles. The summed E-state index contributed by atoms with van der Waals surface area (Å²) in [7, 11) is 0. The van der Waals surface area contributed by atoms with Gasteiger partial charge in [-0.25, -0.2) is 13.7 Å². The van der Waals surface area contributed by atoms with E-state index in [0.717, 1.165) is 30.6 Å². The van der Waals surface area contributed by atoms with Crippen LogP contribution in [0.1, 0.15) is 41.7 Å². The van der Waals surface area contributed by atoms with Crippen molar-refractivity contribution in [3.8, 4) is 5.75 Å². The van der Waals surface area contributed by atoms with Gasteiger partial charge >= 0.3 is 5.97 Å². The molecule has 0 spiro atoms. The standard InChI is InChI=1S/C20H20FN3O3/c1-2-27-19-6-5-13(21)10-15(19)17-4-3-8-23(17)14-7-9-24-18(11-14)16(12-22-24)20(25)26/h5-7,9-12,17H,2-4,8H2,1H3,(H,25,26). The van der Waals surface area contributed by atoms with Gasteiger partial charge in [0.25, 0.3) is 0 Å². The van der Waals surface area contributed by atoms with Crippen molar-refractivity contribution < 1.29 is 19.0 Å². The molecule has 1 N–H and O–H groups in total. The van der Waals surface area contributed by atoms with Crippen molar-refractivity contribution >= 4 is 17.2 Å². The number of carbonyl (C=O) groups is 1. The Labute approximate surface area is 155 Å². The average Bonchev–Trinajstić information content (AvgIpc) is 3.29. The predicted octanol–water partition coefficient (Wildman–Crippen LogP) is 3.91. The van der Waals surface area contributed by atoms with Gasteiger partial charge in [0.05, 0.1) is 24.4 Å². The van der Waals surface area contributed by atoms with Crippen LogP contribution in [0, 0.1) is 5.82 Å². The topological polar surface area (TPSA) is 67.1 Å². The van der Waals surface area contributed by atoms with Gasteiger partial charge in [-0.05, 0) is 50.1 Å². The molecule has 6 nitrogen and oxygen atoms in total. The highest BCUT2D eigenvalue weighted by atomic mass is 19.1. The molecule has 1 aromatic carbocycles. The third-order valence-electron chi connectivity index (χ3n) is 4.95. The second kappa shape index (κ2) is 6.90. The summed E-state index contributed by atoms with van der Waals surface area (Å²) in [4.78, 5) is 13.6. The Morgan fingerprint density at radius 3 is 3.00 bits per heavy atom. The molecule has 1 aliphatic rings. The van der Waals surface area contributed by atoms with Crippen LogP contribution in [0.25, 0.3) is 5.52 Å². The average molecular weight is 369 g/mol. The van der Waals surface area contributed by atoms with Gasteiger partial charge in [0.1, 0.15) is 17.1 Å². The maximum atomic E-state index is 13.9. The quantitative estimate of drug-likeness (QED) is 0.739. The van der Waals surface area contributed by atoms with Crippen LogP contribution in [-0.4, -0.2) is 33.8 Å². The van der Waals surface area contributed by atoms with E-state index in [4.69, 9.17) is 4.74 Å². The fraction of sp³-hybridized carbons (Fsp3) is 0.300. The van der Waals surface area contributed by atoms with E-state index < -0.39 is 5.97 Å². The fourth-order valence-corrected chi connectivity index (χ4v) is 3.78. The minimum absolute atomic E-state index is 0.0269. The van der Waals surface area contributed by atoms with Crippen molar-refractivity contribution in [2.45, 2.75) is 25.8 Å². The van der Waals surface area contributed by atoms with Gasteiger partial charge in [0, 0.05) is 24.0 Å². The summed E-state index contributed by atoms with van der Waals surface area (Å²) in [6.45, 7) is 3.22. The zero-order valence-corrected chi connectivity index (χ0v) is 14.9. The first kappa shape index (κ1) is 17.3. The third-order valence-corrected chi connectivity index (χ3v) is 4.95. The first-order valence-corrected chi connectivity index (χ1v) is 8.98. The fourth-order valence-electron chi connectivity index (χ4n) is 3.78. The molecule has 0 radical (unpaired) electrons. The molecule has 0 amide bonds. The van der Waals surface area contributed by atoms with Crippen molar-refractivity contribution in [3.63, 3.8) is 0 Å². The molecule has 3 aromatic rings. The number of anilines is 1. The van der Waals surface area contributed by atoms with Crippen molar-refractivity contribution in [1.82, 2.24) is 9.61 Å². The Kier molecular flexibility index (Phi) is 4.43. The van der Waals surface area contributed by atoms with E-state index in [-0.39, 0.29) is 17.4 Å². The van der Waals surface area contributed by atoms with E-state index in [1.54, 1.807) is 16.8 Å². The first-order valence-electron chi connectivity index (χ1n) is 8.98. The lowest BCUT2D eigenvalue weighted by molar-refractivity contribution is 0.0699. The molecule has 1 atom stereocenters. The Morgan fingerprint density at radius 2 is 2.22 bits per heavy atom. The van der Waals surface area contributed by atoms with Crippen LogP contribution < -0.4 is 9.64 Å². The Hall–Kier alpha value is -3.09. The minimum atomic E-state index is -1.01. The molecule has 1 fully saturated rings. The number of hydrogen-bond donors (Lipinski definition) is 1. The van der Waals surface area contributed by atoms with Crippen molar-refractivity contribution in [2.24, 2.45) is 0 Å². The number of halogens is 1. The molecule has 3 heterocycles. The Bertz CT molecular complexity index is 1000. The lowest BCUT2D eigenvalue weighted by atomic mass is 10.0. The van der Waals surface area contributed by atoms with Crippen LogP contribution in [0.3, 0.4) is 0 Å². The highest BCUT2D eigenvalue weighted by Crippen LogP contribution is 2.40. The first-order chi connectivity index (χ1) is 13.1. The monoisotopic (exact) mass is 369 g/mol. The second-order valence-corrected chi connectivity index (χ2v) is 6.54. The molecule has 0 bridgehead atoms. The predicted molar refractivity (Wildman–Crippen MR) is 99.0 cm³/mol. The van der Waals surface area contributed by atoms with Gasteiger partial charge in [-0.3, -0.25) is 0 Å². The smallest absolute Gasteiger partial charge is 0.339 e. The number of benzene rings is 1. The Balaban J connectivity index is 1.76. The van der Waals surface area contributed by atoms with E-state index >= 15 is 0 Å². The molecular formula is C20H20FN3O3. The van der Waals surface area contributed by atoms with E-state index in [1.165, 1.54) is 18.3 Å². The summed E-state index contributed by atoms with van der Waals surface area (Å²) < 4.78 is 21.2. The number of pyridine rings is 1. The van der Waals surface area contributed by atoms with Crippen LogP contribution in [0.2, 0.25) is 0 Å². The summed E-state index contributed by atoms with van der Waals surface area (Å²) in [5.74, 6) is -0.615. The molecule has 140 valence electrons.